The molecule has 1 aromatic carbocycles. The van der Waals surface area contributed by atoms with Gasteiger partial charge in [0.15, 0.2) is 0 Å². The van der Waals surface area contributed by atoms with Crippen LogP contribution in [0.2, 0.25) is 0 Å². The summed E-state index contributed by atoms with van der Waals surface area (Å²) in [5.41, 5.74) is -0.322. The van der Waals surface area contributed by atoms with Gasteiger partial charge >= 0.3 is 0 Å². The van der Waals surface area contributed by atoms with Crippen molar-refractivity contribution >= 4 is 22.4 Å². The number of anilines is 1. The molecule has 0 aromatic heterocycles. The van der Waals surface area contributed by atoms with E-state index in [1.54, 1.807) is 6.92 Å². The molecule has 118 valence electrons. The Morgan fingerprint density at radius 3 is 2.38 bits per heavy atom. The van der Waals surface area contributed by atoms with Gasteiger partial charge in [-0.3, -0.25) is 9.00 Å². The standard InChI is InChI=1S/C14H20F2N2O2S/c1-4-5-17-13-11(15)6-10(7-12(13)16)14(19)18-8-9(2)21(3)20/h6-7,9,17H,4-5,8H2,1-3H3,(H,18,19). The summed E-state index contributed by atoms with van der Waals surface area (Å²) in [7, 11) is -1.07. The summed E-state index contributed by atoms with van der Waals surface area (Å²) in [5.74, 6) is -2.20. The Labute approximate surface area is 125 Å². The summed E-state index contributed by atoms with van der Waals surface area (Å²) in [6.07, 6.45) is 2.26. The first-order valence-corrected chi connectivity index (χ1v) is 8.32. The highest BCUT2D eigenvalue weighted by Crippen LogP contribution is 2.20. The summed E-state index contributed by atoms with van der Waals surface area (Å²) in [5, 5.41) is 4.92. The summed E-state index contributed by atoms with van der Waals surface area (Å²) < 4.78 is 38.8. The van der Waals surface area contributed by atoms with E-state index >= 15 is 0 Å². The maximum Gasteiger partial charge on any atom is 0.251 e. The van der Waals surface area contributed by atoms with Crippen LogP contribution in [-0.4, -0.2) is 34.7 Å². The quantitative estimate of drug-likeness (QED) is 0.811. The third kappa shape index (κ3) is 5.08. The van der Waals surface area contributed by atoms with Crippen LogP contribution >= 0.6 is 0 Å². The fraction of sp³-hybridized carbons (Fsp3) is 0.500. The monoisotopic (exact) mass is 318 g/mol. The van der Waals surface area contributed by atoms with Crippen molar-refractivity contribution < 1.29 is 17.8 Å². The smallest absolute Gasteiger partial charge is 0.251 e. The molecule has 0 radical (unpaired) electrons. The zero-order valence-electron chi connectivity index (χ0n) is 12.3. The van der Waals surface area contributed by atoms with Crippen LogP contribution in [-0.2, 0) is 10.8 Å². The zero-order valence-corrected chi connectivity index (χ0v) is 13.2. The molecule has 0 aliphatic carbocycles. The van der Waals surface area contributed by atoms with Crippen LogP contribution in [0.5, 0.6) is 0 Å². The van der Waals surface area contributed by atoms with E-state index in [4.69, 9.17) is 0 Å². The van der Waals surface area contributed by atoms with Crippen LogP contribution in [0.1, 0.15) is 30.6 Å². The molecule has 2 atom stereocenters. The summed E-state index contributed by atoms with van der Waals surface area (Å²) in [4.78, 5) is 11.8. The highest BCUT2D eigenvalue weighted by molar-refractivity contribution is 7.84. The second-order valence-corrected chi connectivity index (χ2v) is 6.56. The van der Waals surface area contributed by atoms with E-state index in [9.17, 15) is 17.8 Å². The van der Waals surface area contributed by atoms with Gasteiger partial charge in [0.05, 0.1) is 0 Å². The lowest BCUT2D eigenvalue weighted by Gasteiger charge is -2.12. The maximum absolute atomic E-state index is 13.8. The summed E-state index contributed by atoms with van der Waals surface area (Å²) >= 11 is 0. The van der Waals surface area contributed by atoms with Crippen LogP contribution in [0.15, 0.2) is 12.1 Å². The molecule has 1 aromatic rings. The lowest BCUT2D eigenvalue weighted by atomic mass is 10.1. The largest absolute Gasteiger partial charge is 0.380 e. The molecule has 0 fully saturated rings. The number of carbonyl (C=O) groups is 1. The first kappa shape index (κ1) is 17.6. The number of benzene rings is 1. The molecule has 1 rings (SSSR count). The Bertz CT molecular complexity index is 515. The molecular weight excluding hydrogens is 298 g/mol. The number of halogens is 2. The van der Waals surface area contributed by atoms with Gasteiger partial charge in [0.2, 0.25) is 0 Å². The molecule has 0 heterocycles. The molecule has 1 amide bonds. The molecule has 0 spiro atoms. The van der Waals surface area contributed by atoms with Crippen LogP contribution in [0.25, 0.3) is 0 Å². The predicted molar refractivity (Wildman–Crippen MR) is 81.0 cm³/mol. The topological polar surface area (TPSA) is 58.2 Å². The average molecular weight is 318 g/mol. The Hall–Kier alpha value is -1.50. The molecular formula is C14H20F2N2O2S. The Balaban J connectivity index is 2.80. The van der Waals surface area contributed by atoms with Crippen molar-refractivity contribution in [1.82, 2.24) is 5.32 Å². The summed E-state index contributed by atoms with van der Waals surface area (Å²) in [6, 6.07) is 1.98. The molecule has 7 heteroatoms. The number of hydrogen-bond donors (Lipinski definition) is 2. The fourth-order valence-electron chi connectivity index (χ4n) is 1.58. The number of rotatable bonds is 7. The second-order valence-electron chi connectivity index (χ2n) is 4.76. The number of hydrogen-bond acceptors (Lipinski definition) is 3. The van der Waals surface area contributed by atoms with Crippen molar-refractivity contribution in [3.63, 3.8) is 0 Å². The SMILES string of the molecule is CCCNc1c(F)cc(C(=O)NCC(C)S(C)=O)cc1F. The van der Waals surface area contributed by atoms with E-state index < -0.39 is 28.3 Å². The van der Waals surface area contributed by atoms with Gasteiger partial charge in [-0.25, -0.2) is 8.78 Å². The minimum absolute atomic E-state index is 0.0962. The third-order valence-corrected chi connectivity index (χ3v) is 4.27. The third-order valence-electron chi connectivity index (χ3n) is 2.97. The lowest BCUT2D eigenvalue weighted by Crippen LogP contribution is -2.32. The molecule has 2 unspecified atom stereocenters. The molecule has 4 nitrogen and oxygen atoms in total. The minimum atomic E-state index is -1.07. The van der Waals surface area contributed by atoms with E-state index in [0.29, 0.717) is 6.54 Å². The van der Waals surface area contributed by atoms with Gasteiger partial charge in [-0.2, -0.15) is 0 Å². The first-order chi connectivity index (χ1) is 9.86. The Morgan fingerprint density at radius 1 is 1.33 bits per heavy atom. The van der Waals surface area contributed by atoms with Gasteiger partial charge in [-0.1, -0.05) is 6.92 Å². The number of amides is 1. The van der Waals surface area contributed by atoms with Crippen LogP contribution in [0, 0.1) is 11.6 Å². The molecule has 0 aliphatic rings. The van der Waals surface area contributed by atoms with Gasteiger partial charge in [-0.05, 0) is 25.5 Å². The Kier molecular flexibility index (Phi) is 6.74. The fourth-order valence-corrected chi connectivity index (χ4v) is 1.90. The molecule has 0 saturated heterocycles. The number of nitrogens with one attached hydrogen (secondary N) is 2. The molecule has 0 bridgehead atoms. The average Bonchev–Trinajstić information content (AvgIpc) is 2.43. The van der Waals surface area contributed by atoms with Crippen molar-refractivity contribution in [2.75, 3.05) is 24.7 Å². The van der Waals surface area contributed by atoms with E-state index in [1.807, 2.05) is 6.92 Å². The lowest BCUT2D eigenvalue weighted by molar-refractivity contribution is 0.0953. The van der Waals surface area contributed by atoms with Crippen LogP contribution in [0.4, 0.5) is 14.5 Å². The van der Waals surface area contributed by atoms with E-state index in [2.05, 4.69) is 10.6 Å². The van der Waals surface area contributed by atoms with Crippen molar-refractivity contribution in [1.29, 1.82) is 0 Å². The van der Waals surface area contributed by atoms with Crippen molar-refractivity contribution in [2.45, 2.75) is 25.5 Å². The van der Waals surface area contributed by atoms with Gasteiger partial charge in [0.25, 0.3) is 5.91 Å². The first-order valence-electron chi connectivity index (χ1n) is 6.70. The minimum Gasteiger partial charge on any atom is -0.380 e. The molecule has 21 heavy (non-hydrogen) atoms. The van der Waals surface area contributed by atoms with Gasteiger partial charge < -0.3 is 10.6 Å². The van der Waals surface area contributed by atoms with E-state index in [-0.39, 0.29) is 23.0 Å². The molecule has 0 saturated carbocycles. The number of carbonyl (C=O) groups excluding carboxylic acids is 1. The second kappa shape index (κ2) is 8.07. The summed E-state index contributed by atoms with van der Waals surface area (Å²) in [6.45, 7) is 4.22. The van der Waals surface area contributed by atoms with Gasteiger partial charge in [-0.15, -0.1) is 0 Å². The molecule has 2 N–H and O–H groups in total. The molecule has 0 aliphatic heterocycles. The normalized spacial score (nSPS) is 13.6. The highest BCUT2D eigenvalue weighted by atomic mass is 32.2. The predicted octanol–water partition coefficient (Wildman–Crippen LogP) is 2.28. The Morgan fingerprint density at radius 2 is 1.90 bits per heavy atom. The highest BCUT2D eigenvalue weighted by Gasteiger charge is 2.16. The van der Waals surface area contributed by atoms with Gasteiger partial charge in [0, 0.05) is 41.0 Å². The van der Waals surface area contributed by atoms with Crippen molar-refractivity contribution in [2.24, 2.45) is 0 Å². The van der Waals surface area contributed by atoms with Crippen molar-refractivity contribution in [3.05, 3.63) is 29.3 Å². The zero-order chi connectivity index (χ0) is 16.0. The van der Waals surface area contributed by atoms with Crippen LogP contribution in [0.3, 0.4) is 0 Å². The maximum atomic E-state index is 13.8. The van der Waals surface area contributed by atoms with Gasteiger partial charge in [0.1, 0.15) is 17.3 Å². The van der Waals surface area contributed by atoms with E-state index in [0.717, 1.165) is 18.6 Å². The van der Waals surface area contributed by atoms with Crippen molar-refractivity contribution in [3.8, 4) is 0 Å². The van der Waals surface area contributed by atoms with Crippen LogP contribution < -0.4 is 10.6 Å². The van der Waals surface area contributed by atoms with E-state index in [1.165, 1.54) is 6.26 Å².